The number of hydrogen-bond acceptors (Lipinski definition) is 5. The summed E-state index contributed by atoms with van der Waals surface area (Å²) in [6.45, 7) is 5.79. The molecule has 1 fully saturated rings. The highest BCUT2D eigenvalue weighted by atomic mass is 16.5. The molecule has 0 aliphatic carbocycles. The Kier molecular flexibility index (Phi) is 5.10. The van der Waals surface area contributed by atoms with Crippen LogP contribution >= 0.6 is 0 Å². The maximum Gasteiger partial charge on any atom is 0.257 e. The van der Waals surface area contributed by atoms with E-state index in [0.717, 1.165) is 22.4 Å². The average molecular weight is 377 g/mol. The standard InChI is InChI=1S/C22H23N3O3/c1-3-27-19-9-7-16(8-10-19)13-25-14-18(12-20(25)26)21-23-22(28-24-21)17-6-4-5-15(2)11-17/h4-11,18H,3,12-14H2,1-2H3. The molecule has 1 aliphatic heterocycles. The van der Waals surface area contributed by atoms with E-state index in [1.807, 2.05) is 67.3 Å². The average Bonchev–Trinajstić information content (AvgIpc) is 3.31. The van der Waals surface area contributed by atoms with Gasteiger partial charge in [0.05, 0.1) is 6.61 Å². The predicted octanol–water partition coefficient (Wildman–Crippen LogP) is 3.96. The Morgan fingerprint density at radius 1 is 1.21 bits per heavy atom. The van der Waals surface area contributed by atoms with E-state index in [1.54, 1.807) is 0 Å². The third-order valence-electron chi connectivity index (χ3n) is 4.89. The van der Waals surface area contributed by atoms with Crippen molar-refractivity contribution in [1.82, 2.24) is 15.0 Å². The van der Waals surface area contributed by atoms with E-state index in [4.69, 9.17) is 9.26 Å². The van der Waals surface area contributed by atoms with Crippen LogP contribution in [0.1, 0.15) is 36.2 Å². The van der Waals surface area contributed by atoms with Crippen molar-refractivity contribution in [2.45, 2.75) is 32.7 Å². The van der Waals surface area contributed by atoms with Gasteiger partial charge in [-0.25, -0.2) is 0 Å². The predicted molar refractivity (Wildman–Crippen MR) is 105 cm³/mol. The number of ether oxygens (including phenoxy) is 1. The van der Waals surface area contributed by atoms with Crippen LogP contribution in [-0.2, 0) is 11.3 Å². The van der Waals surface area contributed by atoms with Gasteiger partial charge in [0.15, 0.2) is 5.82 Å². The molecule has 1 atom stereocenters. The molecule has 6 heteroatoms. The first-order valence-corrected chi connectivity index (χ1v) is 9.52. The Bertz CT molecular complexity index is 965. The Morgan fingerprint density at radius 3 is 2.79 bits per heavy atom. The van der Waals surface area contributed by atoms with Crippen LogP contribution in [0.2, 0.25) is 0 Å². The number of benzene rings is 2. The molecule has 2 aromatic carbocycles. The number of carbonyl (C=O) groups is 1. The molecule has 0 spiro atoms. The zero-order chi connectivity index (χ0) is 19.5. The summed E-state index contributed by atoms with van der Waals surface area (Å²) >= 11 is 0. The summed E-state index contributed by atoms with van der Waals surface area (Å²) in [5, 5.41) is 4.13. The number of rotatable bonds is 6. The van der Waals surface area contributed by atoms with Gasteiger partial charge >= 0.3 is 0 Å². The fourth-order valence-electron chi connectivity index (χ4n) is 3.47. The number of hydrogen-bond donors (Lipinski definition) is 0. The van der Waals surface area contributed by atoms with Crippen LogP contribution in [0.4, 0.5) is 0 Å². The summed E-state index contributed by atoms with van der Waals surface area (Å²) in [4.78, 5) is 18.9. The van der Waals surface area contributed by atoms with E-state index in [2.05, 4.69) is 10.1 Å². The summed E-state index contributed by atoms with van der Waals surface area (Å²) in [6.07, 6.45) is 0.407. The Hall–Kier alpha value is -3.15. The van der Waals surface area contributed by atoms with E-state index < -0.39 is 0 Å². The zero-order valence-electron chi connectivity index (χ0n) is 16.1. The molecule has 2 heterocycles. The second-order valence-electron chi connectivity index (χ2n) is 7.08. The number of carbonyl (C=O) groups excluding carboxylic acids is 1. The molecule has 1 saturated heterocycles. The molecule has 28 heavy (non-hydrogen) atoms. The van der Waals surface area contributed by atoms with Crippen molar-refractivity contribution in [3.8, 4) is 17.2 Å². The first kappa shape index (κ1) is 18.2. The van der Waals surface area contributed by atoms with Gasteiger partial charge in [-0.3, -0.25) is 4.79 Å². The second-order valence-corrected chi connectivity index (χ2v) is 7.08. The number of aromatic nitrogens is 2. The molecule has 3 aromatic rings. The number of likely N-dealkylation sites (tertiary alicyclic amines) is 1. The number of aryl methyl sites for hydroxylation is 1. The van der Waals surface area contributed by atoms with E-state index >= 15 is 0 Å². The van der Waals surface area contributed by atoms with E-state index in [9.17, 15) is 4.79 Å². The Morgan fingerprint density at radius 2 is 2.04 bits per heavy atom. The summed E-state index contributed by atoms with van der Waals surface area (Å²) in [5.41, 5.74) is 3.11. The van der Waals surface area contributed by atoms with Gasteiger partial charge in [-0.05, 0) is 43.7 Å². The van der Waals surface area contributed by atoms with Gasteiger partial charge in [-0.15, -0.1) is 0 Å². The lowest BCUT2D eigenvalue weighted by Gasteiger charge is -2.16. The van der Waals surface area contributed by atoms with E-state index in [0.29, 0.717) is 37.8 Å². The molecule has 6 nitrogen and oxygen atoms in total. The van der Waals surface area contributed by atoms with Crippen molar-refractivity contribution >= 4 is 5.91 Å². The SMILES string of the molecule is CCOc1ccc(CN2CC(c3noc(-c4cccc(C)c4)n3)CC2=O)cc1. The van der Waals surface area contributed by atoms with E-state index in [-0.39, 0.29) is 11.8 Å². The van der Waals surface area contributed by atoms with Crippen molar-refractivity contribution in [3.05, 3.63) is 65.5 Å². The van der Waals surface area contributed by atoms with Gasteiger partial charge in [0.25, 0.3) is 5.89 Å². The van der Waals surface area contributed by atoms with Gasteiger partial charge < -0.3 is 14.2 Å². The van der Waals surface area contributed by atoms with Crippen LogP contribution in [0.15, 0.2) is 53.1 Å². The van der Waals surface area contributed by atoms with Gasteiger partial charge in [-0.1, -0.05) is 35.0 Å². The maximum atomic E-state index is 12.5. The summed E-state index contributed by atoms with van der Waals surface area (Å²) in [7, 11) is 0. The Balaban J connectivity index is 1.43. The van der Waals surface area contributed by atoms with E-state index in [1.165, 1.54) is 0 Å². The van der Waals surface area contributed by atoms with Crippen molar-refractivity contribution in [2.24, 2.45) is 0 Å². The molecule has 4 rings (SSSR count). The van der Waals surface area contributed by atoms with Crippen molar-refractivity contribution in [2.75, 3.05) is 13.2 Å². The second kappa shape index (κ2) is 7.84. The molecule has 144 valence electrons. The fraction of sp³-hybridized carbons (Fsp3) is 0.318. The molecule has 1 unspecified atom stereocenters. The third kappa shape index (κ3) is 3.91. The molecule has 0 bridgehead atoms. The van der Waals surface area contributed by atoms with Crippen LogP contribution in [-0.4, -0.2) is 34.1 Å². The molecule has 0 radical (unpaired) electrons. The highest BCUT2D eigenvalue weighted by Gasteiger charge is 2.33. The number of nitrogens with zero attached hydrogens (tertiary/aromatic N) is 3. The first-order valence-electron chi connectivity index (χ1n) is 9.52. The molecule has 1 aliphatic rings. The fourth-order valence-corrected chi connectivity index (χ4v) is 3.47. The maximum absolute atomic E-state index is 12.5. The van der Waals surface area contributed by atoms with Crippen LogP contribution in [0.25, 0.3) is 11.5 Å². The smallest absolute Gasteiger partial charge is 0.257 e. The Labute approximate surface area is 164 Å². The lowest BCUT2D eigenvalue weighted by atomic mass is 10.1. The third-order valence-corrected chi connectivity index (χ3v) is 4.89. The van der Waals surface area contributed by atoms with Crippen LogP contribution in [0, 0.1) is 6.92 Å². The molecular formula is C22H23N3O3. The molecular weight excluding hydrogens is 354 g/mol. The summed E-state index contributed by atoms with van der Waals surface area (Å²) in [5.74, 6) is 2.00. The van der Waals surface area contributed by atoms with Gasteiger partial charge in [0.1, 0.15) is 5.75 Å². The molecule has 0 saturated carbocycles. The normalized spacial score (nSPS) is 16.6. The van der Waals surface area contributed by atoms with Crippen LogP contribution in [0.5, 0.6) is 5.75 Å². The lowest BCUT2D eigenvalue weighted by Crippen LogP contribution is -2.24. The minimum atomic E-state index is -0.0440. The molecule has 0 N–H and O–H groups in total. The van der Waals surface area contributed by atoms with Crippen molar-refractivity contribution in [1.29, 1.82) is 0 Å². The summed E-state index contributed by atoms with van der Waals surface area (Å²) in [6, 6.07) is 15.8. The highest BCUT2D eigenvalue weighted by Crippen LogP contribution is 2.29. The van der Waals surface area contributed by atoms with Crippen molar-refractivity contribution < 1.29 is 14.1 Å². The zero-order valence-corrected chi connectivity index (χ0v) is 16.1. The minimum absolute atomic E-state index is 0.0440. The molecule has 1 aromatic heterocycles. The van der Waals surface area contributed by atoms with Crippen LogP contribution < -0.4 is 4.74 Å². The summed E-state index contributed by atoms with van der Waals surface area (Å²) < 4.78 is 10.9. The van der Waals surface area contributed by atoms with Gasteiger partial charge in [0.2, 0.25) is 5.91 Å². The quantitative estimate of drug-likeness (QED) is 0.650. The van der Waals surface area contributed by atoms with Crippen LogP contribution in [0.3, 0.4) is 0 Å². The largest absolute Gasteiger partial charge is 0.494 e. The topological polar surface area (TPSA) is 68.5 Å². The lowest BCUT2D eigenvalue weighted by molar-refractivity contribution is -0.128. The monoisotopic (exact) mass is 377 g/mol. The molecule has 1 amide bonds. The minimum Gasteiger partial charge on any atom is -0.494 e. The first-order chi connectivity index (χ1) is 13.6. The highest BCUT2D eigenvalue weighted by molar-refractivity contribution is 5.79. The van der Waals surface area contributed by atoms with Gasteiger partial charge in [0, 0.05) is 31.0 Å². The van der Waals surface area contributed by atoms with Crippen molar-refractivity contribution in [3.63, 3.8) is 0 Å². The van der Waals surface area contributed by atoms with Gasteiger partial charge in [-0.2, -0.15) is 4.98 Å². The number of amides is 1.